The van der Waals surface area contributed by atoms with E-state index in [2.05, 4.69) is 11.6 Å². The smallest absolute Gasteiger partial charge is 0.301 e. The first kappa shape index (κ1) is 27.2. The Morgan fingerprint density at radius 3 is 2.69 bits per heavy atom. The van der Waals surface area contributed by atoms with Crippen molar-refractivity contribution in [3.63, 3.8) is 0 Å². The lowest BCUT2D eigenvalue weighted by Crippen LogP contribution is -2.29. The molecule has 1 aliphatic heterocycles. The molecule has 0 bridgehead atoms. The number of aliphatic hydroxyl groups is 1. The van der Waals surface area contributed by atoms with Crippen LogP contribution < -0.4 is 14.4 Å². The van der Waals surface area contributed by atoms with E-state index in [4.69, 9.17) is 14.5 Å². The van der Waals surface area contributed by atoms with Crippen molar-refractivity contribution in [1.29, 1.82) is 0 Å². The van der Waals surface area contributed by atoms with Gasteiger partial charge in [-0.15, -0.1) is 0 Å². The number of ether oxygens (including phenoxy) is 2. The molecule has 1 unspecified atom stereocenters. The topological polar surface area (TPSA) is 106 Å². The number of carbonyl (C=O) groups excluding carboxylic acids is 2. The number of rotatable bonds is 8. The summed E-state index contributed by atoms with van der Waals surface area (Å²) in [6, 6.07) is 15.5. The maximum absolute atomic E-state index is 13.8. The van der Waals surface area contributed by atoms with E-state index in [0.717, 1.165) is 10.3 Å². The van der Waals surface area contributed by atoms with Gasteiger partial charge in [0.05, 0.1) is 34.1 Å². The first-order chi connectivity index (χ1) is 20.3. The van der Waals surface area contributed by atoms with Crippen molar-refractivity contribution in [3.8, 4) is 11.5 Å². The Labute approximate surface area is 246 Å². The SMILES string of the molecule is C=CCOc1ccc(C2C(=C(O)c3c(C)nc4ccccn34)C(=O)C(=O)N2c2nc3ccc(C)cc3s2)cc1OCC. The van der Waals surface area contributed by atoms with Crippen LogP contribution in [0.5, 0.6) is 11.5 Å². The van der Waals surface area contributed by atoms with Gasteiger partial charge in [0, 0.05) is 6.20 Å². The van der Waals surface area contributed by atoms with Crippen molar-refractivity contribution in [2.75, 3.05) is 18.1 Å². The summed E-state index contributed by atoms with van der Waals surface area (Å²) >= 11 is 1.31. The Balaban J connectivity index is 1.60. The number of ketones is 1. The molecule has 1 atom stereocenters. The molecule has 0 saturated carbocycles. The molecular formula is C32H28N4O5S. The van der Waals surface area contributed by atoms with Gasteiger partial charge < -0.3 is 14.6 Å². The normalized spacial score (nSPS) is 16.5. The predicted molar refractivity (Wildman–Crippen MR) is 162 cm³/mol. The molecule has 1 aliphatic rings. The number of nitrogens with zero attached hydrogens (tertiary/aromatic N) is 4. The van der Waals surface area contributed by atoms with Crippen LogP contribution in [0.25, 0.3) is 21.6 Å². The first-order valence-corrected chi connectivity index (χ1v) is 14.3. The molecule has 3 aromatic heterocycles. The van der Waals surface area contributed by atoms with Crippen LogP contribution in [0.1, 0.15) is 35.5 Å². The predicted octanol–water partition coefficient (Wildman–Crippen LogP) is 6.15. The molecule has 9 nitrogen and oxygen atoms in total. The summed E-state index contributed by atoms with van der Waals surface area (Å²) < 4.78 is 14.2. The Kier molecular flexibility index (Phi) is 6.99. The molecule has 0 radical (unpaired) electrons. The minimum atomic E-state index is -0.993. The van der Waals surface area contributed by atoms with Gasteiger partial charge in [-0.25, -0.2) is 9.97 Å². The van der Waals surface area contributed by atoms with Gasteiger partial charge in [0.15, 0.2) is 22.4 Å². The monoisotopic (exact) mass is 580 g/mol. The Morgan fingerprint density at radius 1 is 1.07 bits per heavy atom. The number of carbonyl (C=O) groups is 2. The van der Waals surface area contributed by atoms with Gasteiger partial charge in [0.2, 0.25) is 0 Å². The fourth-order valence-electron chi connectivity index (χ4n) is 5.23. The lowest BCUT2D eigenvalue weighted by Gasteiger charge is -2.24. The first-order valence-electron chi connectivity index (χ1n) is 13.4. The van der Waals surface area contributed by atoms with Crippen LogP contribution in [0.4, 0.5) is 5.13 Å². The van der Waals surface area contributed by atoms with E-state index in [0.29, 0.717) is 51.4 Å². The zero-order valence-corrected chi connectivity index (χ0v) is 24.1. The van der Waals surface area contributed by atoms with E-state index in [1.807, 2.05) is 38.1 Å². The summed E-state index contributed by atoms with van der Waals surface area (Å²) in [5, 5.41) is 12.2. The van der Waals surface area contributed by atoms with Crippen LogP contribution >= 0.6 is 11.3 Å². The van der Waals surface area contributed by atoms with Crippen LogP contribution in [0.15, 0.2) is 79.0 Å². The van der Waals surface area contributed by atoms with E-state index in [-0.39, 0.29) is 17.9 Å². The van der Waals surface area contributed by atoms with Crippen molar-refractivity contribution in [2.24, 2.45) is 0 Å². The highest BCUT2D eigenvalue weighted by molar-refractivity contribution is 7.22. The van der Waals surface area contributed by atoms with Gasteiger partial charge in [-0.1, -0.05) is 42.2 Å². The second-order valence-corrected chi connectivity index (χ2v) is 10.9. The van der Waals surface area contributed by atoms with E-state index in [1.165, 1.54) is 16.2 Å². The van der Waals surface area contributed by atoms with Crippen LogP contribution in [-0.4, -0.2) is 44.4 Å². The zero-order chi connectivity index (χ0) is 29.5. The van der Waals surface area contributed by atoms with Gasteiger partial charge in [-0.2, -0.15) is 0 Å². The molecule has 1 N–H and O–H groups in total. The van der Waals surface area contributed by atoms with E-state index < -0.39 is 17.7 Å². The van der Waals surface area contributed by atoms with Gasteiger partial charge >= 0.3 is 5.91 Å². The maximum Gasteiger partial charge on any atom is 0.301 e. The number of fused-ring (bicyclic) bond motifs is 2. The van der Waals surface area contributed by atoms with E-state index in [9.17, 15) is 14.7 Å². The summed E-state index contributed by atoms with van der Waals surface area (Å²) in [6.45, 7) is 9.93. The average Bonchev–Trinajstić information content (AvgIpc) is 3.62. The fraction of sp³-hybridized carbons (Fsp3) is 0.188. The highest BCUT2D eigenvalue weighted by atomic mass is 32.1. The molecule has 4 heterocycles. The van der Waals surface area contributed by atoms with Crippen molar-refractivity contribution in [1.82, 2.24) is 14.4 Å². The summed E-state index contributed by atoms with van der Waals surface area (Å²) in [7, 11) is 0. The molecule has 6 rings (SSSR count). The van der Waals surface area contributed by atoms with Crippen LogP contribution in [0, 0.1) is 13.8 Å². The zero-order valence-electron chi connectivity index (χ0n) is 23.3. The van der Waals surface area contributed by atoms with Gasteiger partial charge in [0.25, 0.3) is 5.78 Å². The minimum absolute atomic E-state index is 0.0635. The van der Waals surface area contributed by atoms with E-state index >= 15 is 0 Å². The number of aliphatic hydroxyl groups excluding tert-OH is 1. The standard InChI is InChI=1S/C32H28N4O5S/c1-5-15-41-22-13-11-20(17-23(22)40-6-2)28-26(29(37)27-19(4)33-25-9-7-8-14-35(25)27)30(38)31(39)36(28)32-34-21-12-10-18(3)16-24(21)42-32/h5,7-14,16-17,28,37H,1,6,15H2,2-4H3. The number of pyridine rings is 1. The number of Topliss-reactive ketones (excluding diaryl/α,β-unsaturated/α-hetero) is 1. The largest absolute Gasteiger partial charge is 0.505 e. The van der Waals surface area contributed by atoms with Crippen molar-refractivity contribution < 1.29 is 24.2 Å². The summed E-state index contributed by atoms with van der Waals surface area (Å²) in [5.41, 5.74) is 3.70. The van der Waals surface area contributed by atoms with Gasteiger partial charge in [0.1, 0.15) is 17.9 Å². The fourth-order valence-corrected chi connectivity index (χ4v) is 6.32. The molecule has 1 fully saturated rings. The number of hydrogen-bond donors (Lipinski definition) is 1. The highest BCUT2D eigenvalue weighted by Gasteiger charge is 2.49. The summed E-state index contributed by atoms with van der Waals surface area (Å²) in [5.74, 6) is -0.991. The molecule has 5 aromatic rings. The number of hydrogen-bond acceptors (Lipinski definition) is 8. The lowest BCUT2D eigenvalue weighted by molar-refractivity contribution is -0.132. The molecule has 0 spiro atoms. The van der Waals surface area contributed by atoms with Crippen molar-refractivity contribution in [2.45, 2.75) is 26.8 Å². The lowest BCUT2D eigenvalue weighted by atomic mass is 9.96. The average molecular weight is 581 g/mol. The number of benzene rings is 2. The molecule has 42 heavy (non-hydrogen) atoms. The Hall–Kier alpha value is -4.96. The molecule has 1 amide bonds. The van der Waals surface area contributed by atoms with Crippen molar-refractivity contribution >= 4 is 49.8 Å². The molecule has 1 saturated heterocycles. The van der Waals surface area contributed by atoms with Gasteiger partial charge in [-0.3, -0.25) is 18.9 Å². The molecular weight excluding hydrogens is 552 g/mol. The maximum atomic E-state index is 13.8. The number of aryl methyl sites for hydroxylation is 2. The van der Waals surface area contributed by atoms with Gasteiger partial charge in [-0.05, 0) is 68.3 Å². The Bertz CT molecular complexity index is 1920. The van der Waals surface area contributed by atoms with Crippen LogP contribution in [0.3, 0.4) is 0 Å². The summed E-state index contributed by atoms with van der Waals surface area (Å²) in [6.07, 6.45) is 3.38. The third kappa shape index (κ3) is 4.50. The number of thiazole rings is 1. The third-order valence-electron chi connectivity index (χ3n) is 7.05. The number of anilines is 1. The molecule has 2 aromatic carbocycles. The number of imidazole rings is 1. The van der Waals surface area contributed by atoms with Crippen molar-refractivity contribution in [3.05, 3.63) is 102 Å². The quantitative estimate of drug-likeness (QED) is 0.102. The number of aromatic nitrogens is 3. The third-order valence-corrected chi connectivity index (χ3v) is 8.07. The second kappa shape index (κ2) is 10.8. The molecule has 212 valence electrons. The molecule has 0 aliphatic carbocycles. The number of amides is 1. The second-order valence-electron chi connectivity index (χ2n) is 9.85. The van der Waals surface area contributed by atoms with Crippen LogP contribution in [-0.2, 0) is 9.59 Å². The molecule has 10 heteroatoms. The van der Waals surface area contributed by atoms with Crippen LogP contribution in [0.2, 0.25) is 0 Å². The highest BCUT2D eigenvalue weighted by Crippen LogP contribution is 2.46. The summed E-state index contributed by atoms with van der Waals surface area (Å²) in [4.78, 5) is 38.2. The van der Waals surface area contributed by atoms with E-state index in [1.54, 1.807) is 53.9 Å². The Morgan fingerprint density at radius 2 is 1.90 bits per heavy atom. The minimum Gasteiger partial charge on any atom is -0.505 e.